The van der Waals surface area contributed by atoms with Crippen LogP contribution in [0.4, 0.5) is 0 Å². The van der Waals surface area contributed by atoms with Crippen LogP contribution in [-0.2, 0) is 12.8 Å². The molecule has 0 heterocycles. The van der Waals surface area contributed by atoms with E-state index in [4.69, 9.17) is 0 Å². The summed E-state index contributed by atoms with van der Waals surface area (Å²) < 4.78 is 0. The summed E-state index contributed by atoms with van der Waals surface area (Å²) in [6.45, 7) is 0.228. The molecule has 0 amide bonds. The van der Waals surface area contributed by atoms with Crippen molar-refractivity contribution in [3.63, 3.8) is 0 Å². The third-order valence-corrected chi connectivity index (χ3v) is 3.35. The first-order valence-corrected chi connectivity index (χ1v) is 6.25. The molecule has 0 bridgehead atoms. The van der Waals surface area contributed by atoms with E-state index in [1.165, 1.54) is 0 Å². The van der Waals surface area contributed by atoms with Gasteiger partial charge in [0.05, 0.1) is 12.1 Å². The molecule has 0 atom stereocenters. The number of phenols is 2. The Morgan fingerprint density at radius 1 is 1.22 bits per heavy atom. The maximum absolute atomic E-state index is 12.0. The zero-order valence-electron chi connectivity index (χ0n) is 10.9. The lowest BCUT2D eigenvalue weighted by molar-refractivity contribution is 0.0954. The number of aryl methyl sites for hydroxylation is 1. The van der Waals surface area contributed by atoms with Gasteiger partial charge in [-0.3, -0.25) is 4.79 Å². The van der Waals surface area contributed by atoms with E-state index in [1.807, 2.05) is 0 Å². The summed E-state index contributed by atoms with van der Waals surface area (Å²) in [7, 11) is 3.60. The van der Waals surface area contributed by atoms with Gasteiger partial charge in [-0.05, 0) is 51.4 Å². The van der Waals surface area contributed by atoms with Crippen molar-refractivity contribution < 1.29 is 15.0 Å². The third-order valence-electron chi connectivity index (χ3n) is 3.35. The number of carbonyl (C=O) groups excluding carboxylic acids is 1. The van der Waals surface area contributed by atoms with E-state index in [9.17, 15) is 15.0 Å². The highest BCUT2D eigenvalue weighted by Crippen LogP contribution is 2.39. The van der Waals surface area contributed by atoms with Gasteiger partial charge in [0.2, 0.25) is 0 Å². The van der Waals surface area contributed by atoms with Gasteiger partial charge >= 0.3 is 0 Å². The molecule has 0 saturated heterocycles. The number of benzene rings is 1. The Bertz CT molecular complexity index is 480. The molecule has 4 nitrogen and oxygen atoms in total. The van der Waals surface area contributed by atoms with E-state index < -0.39 is 0 Å². The van der Waals surface area contributed by atoms with Crippen LogP contribution < -0.4 is 0 Å². The van der Waals surface area contributed by atoms with Gasteiger partial charge in [-0.25, -0.2) is 0 Å². The van der Waals surface area contributed by atoms with E-state index in [2.05, 4.69) is 0 Å². The molecule has 98 valence electrons. The molecule has 0 unspecified atom stereocenters. The second-order valence-electron chi connectivity index (χ2n) is 5.13. The molecule has 0 fully saturated rings. The fraction of sp³-hybridized carbons (Fsp3) is 0.500. The number of ketones is 1. The molecule has 2 N–H and O–H groups in total. The van der Waals surface area contributed by atoms with Crippen LogP contribution in [0.3, 0.4) is 0 Å². The monoisotopic (exact) mass is 249 g/mol. The third kappa shape index (κ3) is 2.34. The SMILES string of the molecule is CN(C)CC(=O)c1cc2c(c(O)c1O)CCCC2. The first kappa shape index (κ1) is 12.9. The molecule has 4 heteroatoms. The van der Waals surface area contributed by atoms with Crippen LogP contribution in [0.25, 0.3) is 0 Å². The summed E-state index contributed by atoms with van der Waals surface area (Å²) in [5, 5.41) is 19.9. The Morgan fingerprint density at radius 2 is 1.89 bits per heavy atom. The van der Waals surface area contributed by atoms with Gasteiger partial charge in [-0.1, -0.05) is 0 Å². The number of phenolic OH excluding ortho intramolecular Hbond substituents is 2. The first-order valence-electron chi connectivity index (χ1n) is 6.25. The molecule has 1 aromatic carbocycles. The predicted octanol–water partition coefficient (Wildman–Crippen LogP) is 1.72. The highest BCUT2D eigenvalue weighted by molar-refractivity contribution is 6.01. The summed E-state index contributed by atoms with van der Waals surface area (Å²) >= 11 is 0. The van der Waals surface area contributed by atoms with E-state index in [-0.39, 0.29) is 29.4 Å². The number of fused-ring (bicyclic) bond motifs is 1. The summed E-state index contributed by atoms with van der Waals surface area (Å²) in [4.78, 5) is 13.7. The average Bonchev–Trinajstić information content (AvgIpc) is 2.33. The minimum Gasteiger partial charge on any atom is -0.504 e. The van der Waals surface area contributed by atoms with Crippen molar-refractivity contribution in [1.29, 1.82) is 0 Å². The zero-order valence-corrected chi connectivity index (χ0v) is 10.9. The number of carbonyl (C=O) groups is 1. The summed E-state index contributed by atoms with van der Waals surface area (Å²) in [6, 6.07) is 1.75. The lowest BCUT2D eigenvalue weighted by Crippen LogP contribution is -2.22. The molecule has 2 rings (SSSR count). The lowest BCUT2D eigenvalue weighted by atomic mass is 9.88. The normalized spacial score (nSPS) is 14.6. The molecule has 0 radical (unpaired) electrons. The predicted molar refractivity (Wildman–Crippen MR) is 69.3 cm³/mol. The van der Waals surface area contributed by atoms with Gasteiger partial charge in [-0.15, -0.1) is 0 Å². The summed E-state index contributed by atoms with van der Waals surface area (Å²) in [6.07, 6.45) is 3.73. The van der Waals surface area contributed by atoms with E-state index in [0.717, 1.165) is 36.8 Å². The van der Waals surface area contributed by atoms with Crippen LogP contribution >= 0.6 is 0 Å². The zero-order chi connectivity index (χ0) is 13.3. The van der Waals surface area contributed by atoms with E-state index in [0.29, 0.717) is 0 Å². The molecule has 1 aliphatic carbocycles. The Labute approximate surface area is 107 Å². The van der Waals surface area contributed by atoms with Gasteiger partial charge in [-0.2, -0.15) is 0 Å². The maximum atomic E-state index is 12.0. The quantitative estimate of drug-likeness (QED) is 0.632. The van der Waals surface area contributed by atoms with Crippen LogP contribution in [0.1, 0.15) is 34.3 Å². The average molecular weight is 249 g/mol. The molecular weight excluding hydrogens is 230 g/mol. The number of hydrogen-bond donors (Lipinski definition) is 2. The number of Topliss-reactive ketones (excluding diaryl/α,β-unsaturated/α-hetero) is 1. The summed E-state index contributed by atoms with van der Waals surface area (Å²) in [5.41, 5.74) is 2.04. The van der Waals surface area contributed by atoms with Gasteiger partial charge in [0.15, 0.2) is 17.3 Å². The number of hydrogen-bond acceptors (Lipinski definition) is 4. The molecule has 0 spiro atoms. The minimum absolute atomic E-state index is 0.102. The number of likely N-dealkylation sites (N-methyl/N-ethyl adjacent to an activating group) is 1. The van der Waals surface area contributed by atoms with Crippen molar-refractivity contribution in [1.82, 2.24) is 4.90 Å². The van der Waals surface area contributed by atoms with Gasteiger partial charge in [0.25, 0.3) is 0 Å². The number of aromatic hydroxyl groups is 2. The smallest absolute Gasteiger partial charge is 0.180 e. The van der Waals surface area contributed by atoms with Crippen molar-refractivity contribution in [2.24, 2.45) is 0 Å². The fourth-order valence-electron chi connectivity index (χ4n) is 2.46. The van der Waals surface area contributed by atoms with Crippen LogP contribution in [0.15, 0.2) is 6.07 Å². The van der Waals surface area contributed by atoms with Gasteiger partial charge < -0.3 is 15.1 Å². The molecule has 1 aromatic rings. The van der Waals surface area contributed by atoms with Crippen molar-refractivity contribution in [2.45, 2.75) is 25.7 Å². The van der Waals surface area contributed by atoms with Gasteiger partial charge in [0.1, 0.15) is 0 Å². The van der Waals surface area contributed by atoms with Gasteiger partial charge in [0, 0.05) is 5.56 Å². The van der Waals surface area contributed by atoms with E-state index in [1.54, 1.807) is 25.1 Å². The molecule has 1 aliphatic rings. The van der Waals surface area contributed by atoms with Crippen molar-refractivity contribution in [3.05, 3.63) is 22.8 Å². The standard InChI is InChI=1S/C14H19NO3/c1-15(2)8-12(16)11-7-9-5-3-4-6-10(9)13(17)14(11)18/h7,17-18H,3-6,8H2,1-2H3. The molecule has 0 aromatic heterocycles. The van der Waals surface area contributed by atoms with Crippen LogP contribution in [0.5, 0.6) is 11.5 Å². The van der Waals surface area contributed by atoms with Crippen LogP contribution in [0.2, 0.25) is 0 Å². The largest absolute Gasteiger partial charge is 0.504 e. The Morgan fingerprint density at radius 3 is 2.56 bits per heavy atom. The first-order chi connectivity index (χ1) is 8.50. The molecular formula is C14H19NO3. The number of nitrogens with zero attached hydrogens (tertiary/aromatic N) is 1. The Kier molecular flexibility index (Phi) is 3.57. The Hall–Kier alpha value is -1.55. The lowest BCUT2D eigenvalue weighted by Gasteiger charge is -2.20. The second-order valence-corrected chi connectivity index (χ2v) is 5.13. The summed E-state index contributed by atoms with van der Waals surface area (Å²) in [5.74, 6) is -0.530. The van der Waals surface area contributed by atoms with Crippen LogP contribution in [-0.4, -0.2) is 41.5 Å². The van der Waals surface area contributed by atoms with Crippen LogP contribution in [0, 0.1) is 0 Å². The van der Waals surface area contributed by atoms with Crippen molar-refractivity contribution in [3.8, 4) is 11.5 Å². The Balaban J connectivity index is 2.43. The van der Waals surface area contributed by atoms with Crippen molar-refractivity contribution >= 4 is 5.78 Å². The highest BCUT2D eigenvalue weighted by atomic mass is 16.3. The molecule has 0 aliphatic heterocycles. The van der Waals surface area contributed by atoms with E-state index >= 15 is 0 Å². The van der Waals surface area contributed by atoms with Crippen molar-refractivity contribution in [2.75, 3.05) is 20.6 Å². The second kappa shape index (κ2) is 4.98. The fourth-order valence-corrected chi connectivity index (χ4v) is 2.46. The topological polar surface area (TPSA) is 60.8 Å². The molecule has 0 saturated carbocycles. The maximum Gasteiger partial charge on any atom is 0.180 e. The number of rotatable bonds is 3. The minimum atomic E-state index is -0.262. The highest BCUT2D eigenvalue weighted by Gasteiger charge is 2.22. The molecule has 18 heavy (non-hydrogen) atoms.